The molecule has 0 fully saturated rings. The molecule has 0 aliphatic carbocycles. The summed E-state index contributed by atoms with van der Waals surface area (Å²) in [7, 11) is -1.61. The van der Waals surface area contributed by atoms with Gasteiger partial charge in [0, 0.05) is 0 Å². The van der Waals surface area contributed by atoms with Gasteiger partial charge in [-0.05, 0) is 0 Å². The molecule has 0 saturated carbocycles. The van der Waals surface area contributed by atoms with Crippen LogP contribution in [0.2, 0.25) is 22.3 Å². The van der Waals surface area contributed by atoms with Crippen molar-refractivity contribution in [3.8, 4) is 0 Å². The molecule has 1 aliphatic rings. The van der Waals surface area contributed by atoms with Crippen LogP contribution in [0.5, 0.6) is 0 Å². The van der Waals surface area contributed by atoms with Crippen molar-refractivity contribution in [2.45, 2.75) is 55.9 Å². The molecule has 0 saturated heterocycles. The molecule has 0 radical (unpaired) electrons. The van der Waals surface area contributed by atoms with Gasteiger partial charge in [-0.2, -0.15) is 0 Å². The first-order valence-electron chi connectivity index (χ1n) is 7.36. The van der Waals surface area contributed by atoms with Crippen LogP contribution >= 0.6 is 0 Å². The zero-order chi connectivity index (χ0) is 15.4. The van der Waals surface area contributed by atoms with Gasteiger partial charge in [0.2, 0.25) is 0 Å². The fraction of sp³-hybridized carbons (Fsp3) is 0.667. The molecule has 0 aromatic carbocycles. The maximum absolute atomic E-state index is 10.6. The third-order valence-electron chi connectivity index (χ3n) is 4.33. The number of carboxylic acid groups (broad SMARTS) is 1. The molecule has 1 aliphatic heterocycles. The van der Waals surface area contributed by atoms with E-state index in [0.29, 0.717) is 6.42 Å². The zero-order valence-corrected chi connectivity index (χ0v) is 17.7. The van der Waals surface area contributed by atoms with Gasteiger partial charge in [0.05, 0.1) is 0 Å². The average Bonchev–Trinajstić information content (AvgIpc) is 2.72. The molecule has 3 nitrogen and oxygen atoms in total. The molecule has 112 valence electrons. The maximum atomic E-state index is 10.6. The predicted octanol–water partition coefficient (Wildman–Crippen LogP) is 3.94. The molecule has 20 heavy (non-hydrogen) atoms. The summed E-state index contributed by atoms with van der Waals surface area (Å²) in [5.41, 5.74) is 1.24. The number of aliphatic carboxylic acids is 1. The van der Waals surface area contributed by atoms with Crippen molar-refractivity contribution in [3.63, 3.8) is 0 Å². The summed E-state index contributed by atoms with van der Waals surface area (Å²) >= 11 is -1.70. The van der Waals surface area contributed by atoms with Crippen molar-refractivity contribution < 1.29 is 14.3 Å². The van der Waals surface area contributed by atoms with Gasteiger partial charge < -0.3 is 0 Å². The fourth-order valence-electron chi connectivity index (χ4n) is 1.90. The Balaban J connectivity index is 2.35. The van der Waals surface area contributed by atoms with Gasteiger partial charge in [-0.1, -0.05) is 0 Å². The normalized spacial score (nSPS) is 15.7. The monoisotopic (exact) mass is 398 g/mol. The number of hydrogen-bond acceptors (Lipinski definition) is 2. The first-order chi connectivity index (χ1) is 9.12. The molecular formula is C15H27InO3Si. The Morgan fingerprint density at radius 1 is 1.40 bits per heavy atom. The predicted molar refractivity (Wildman–Crippen MR) is 87.8 cm³/mol. The van der Waals surface area contributed by atoms with Crippen LogP contribution in [0.1, 0.15) is 33.6 Å². The summed E-state index contributed by atoms with van der Waals surface area (Å²) in [6.07, 6.45) is 3.08. The van der Waals surface area contributed by atoms with Gasteiger partial charge in [0.25, 0.3) is 0 Å². The van der Waals surface area contributed by atoms with E-state index in [9.17, 15) is 4.79 Å². The van der Waals surface area contributed by atoms with Gasteiger partial charge in [-0.15, -0.1) is 0 Å². The van der Waals surface area contributed by atoms with E-state index in [1.807, 2.05) is 0 Å². The van der Waals surface area contributed by atoms with Gasteiger partial charge in [0.15, 0.2) is 0 Å². The molecule has 0 amide bonds. The molecule has 1 rings (SSSR count). The van der Waals surface area contributed by atoms with E-state index in [2.05, 4.69) is 47.6 Å². The summed E-state index contributed by atoms with van der Waals surface area (Å²) in [4.78, 5) is 10.6. The van der Waals surface area contributed by atoms with Gasteiger partial charge in [-0.3, -0.25) is 0 Å². The van der Waals surface area contributed by atoms with E-state index in [-0.39, 0.29) is 11.5 Å². The summed E-state index contributed by atoms with van der Waals surface area (Å²) in [6, 6.07) is 0. The molecule has 1 heterocycles. The minimum absolute atomic E-state index is 0.245. The first kappa shape index (κ1) is 18.0. The van der Waals surface area contributed by atoms with E-state index in [1.54, 1.807) is 0 Å². The quantitative estimate of drug-likeness (QED) is 0.661. The van der Waals surface area contributed by atoms with Crippen LogP contribution < -0.4 is 0 Å². The summed E-state index contributed by atoms with van der Waals surface area (Å²) in [6.45, 7) is 12.3. The Morgan fingerprint density at radius 3 is 2.60 bits per heavy atom. The Morgan fingerprint density at radius 2 is 2.05 bits per heavy atom. The van der Waals surface area contributed by atoms with E-state index in [0.717, 1.165) is 6.61 Å². The number of allylic oxidation sites excluding steroid dienone is 2. The SMILES string of the molecule is CC(C)(C)[Si](C)(C)OC[CH2][In]1[CH]=CC(CCC(=O)O)=[CH]1. The zero-order valence-electron chi connectivity index (χ0n) is 13.4. The van der Waals surface area contributed by atoms with Crippen molar-refractivity contribution in [2.24, 2.45) is 0 Å². The average molecular weight is 398 g/mol. The number of carboxylic acids is 1. The molecule has 0 spiro atoms. The second-order valence-corrected chi connectivity index (χ2v) is 19.4. The van der Waals surface area contributed by atoms with Crippen molar-refractivity contribution >= 4 is 35.7 Å². The number of rotatable bonds is 7. The van der Waals surface area contributed by atoms with Crippen molar-refractivity contribution in [1.82, 2.24) is 0 Å². The first-order valence-corrected chi connectivity index (χ1v) is 16.4. The Bertz CT molecular complexity index is 408. The molecule has 5 heteroatoms. The van der Waals surface area contributed by atoms with Crippen LogP contribution in [0.4, 0.5) is 0 Å². The topological polar surface area (TPSA) is 46.5 Å². The molecule has 0 atom stereocenters. The van der Waals surface area contributed by atoms with Gasteiger partial charge in [0.1, 0.15) is 0 Å². The van der Waals surface area contributed by atoms with E-state index >= 15 is 0 Å². The molecule has 0 unspecified atom stereocenters. The molecule has 1 N–H and O–H groups in total. The van der Waals surface area contributed by atoms with Crippen molar-refractivity contribution in [1.29, 1.82) is 0 Å². The Labute approximate surface area is 131 Å². The summed E-state index contributed by atoms with van der Waals surface area (Å²) < 4.78 is 12.2. The van der Waals surface area contributed by atoms with Crippen LogP contribution in [0, 0.1) is 0 Å². The fourth-order valence-corrected chi connectivity index (χ4v) is 9.86. The van der Waals surface area contributed by atoms with E-state index in [1.165, 1.54) is 9.75 Å². The molecule has 0 aromatic rings. The third kappa shape index (κ3) is 5.78. The van der Waals surface area contributed by atoms with Crippen LogP contribution in [0.15, 0.2) is 19.3 Å². The van der Waals surface area contributed by atoms with Crippen LogP contribution in [0.3, 0.4) is 0 Å². The summed E-state index contributed by atoms with van der Waals surface area (Å²) in [5, 5.41) is 8.97. The van der Waals surface area contributed by atoms with E-state index in [4.69, 9.17) is 9.53 Å². The summed E-state index contributed by atoms with van der Waals surface area (Å²) in [5.74, 6) is -0.709. The number of hydrogen-bond donors (Lipinski definition) is 1. The second-order valence-electron chi connectivity index (χ2n) is 7.06. The van der Waals surface area contributed by atoms with Crippen molar-refractivity contribution in [3.05, 3.63) is 19.3 Å². The molecular weight excluding hydrogens is 371 g/mol. The molecule has 0 bridgehead atoms. The van der Waals surface area contributed by atoms with Gasteiger partial charge in [-0.25, -0.2) is 0 Å². The van der Waals surface area contributed by atoms with Gasteiger partial charge >= 0.3 is 132 Å². The Kier molecular flexibility index (Phi) is 6.60. The second kappa shape index (κ2) is 7.32. The van der Waals surface area contributed by atoms with Crippen molar-refractivity contribution in [2.75, 3.05) is 6.61 Å². The molecule has 0 aromatic heterocycles. The van der Waals surface area contributed by atoms with E-state index < -0.39 is 35.7 Å². The van der Waals surface area contributed by atoms with Crippen LogP contribution in [-0.4, -0.2) is 47.4 Å². The standard InChI is InChI=1S/C8H19OSi.C7H8O2.In/c1-7-9-10(5,6)8(2,3)4;1-3-6(2)4-5-7(8)9;/h1,7H2,2-6H3;1-3H,4-5H2,(H,8,9);. The van der Waals surface area contributed by atoms with Crippen LogP contribution in [0.25, 0.3) is 0 Å². The Hall–Kier alpha value is -0.00299. The number of carbonyl (C=O) groups is 1. The van der Waals surface area contributed by atoms with Crippen LogP contribution in [-0.2, 0) is 9.22 Å². The minimum atomic E-state index is -1.70. The third-order valence-corrected chi connectivity index (χ3v) is 15.9.